The van der Waals surface area contributed by atoms with Gasteiger partial charge in [0, 0.05) is 37.8 Å². The highest BCUT2D eigenvalue weighted by atomic mass is 28.4. The van der Waals surface area contributed by atoms with Gasteiger partial charge in [0.15, 0.2) is 0 Å². The first-order chi connectivity index (χ1) is 17.8. The highest BCUT2D eigenvalue weighted by molar-refractivity contribution is 6.60. The minimum atomic E-state index is -2.71. The molecule has 2 aromatic carbocycles. The van der Waals surface area contributed by atoms with Gasteiger partial charge < -0.3 is 32.8 Å². The average Bonchev–Trinajstić information content (AvgIpc) is 3.71. The number of carbonyl (C=O) groups excluding carboxylic acids is 1. The second-order valence-electron chi connectivity index (χ2n) is 9.34. The van der Waals surface area contributed by atoms with Crippen LogP contribution in [0.2, 0.25) is 6.04 Å². The maximum atomic E-state index is 12.3. The average molecular weight is 532 g/mol. The Balaban J connectivity index is 1.48. The van der Waals surface area contributed by atoms with Gasteiger partial charge in [-0.3, -0.25) is 0 Å². The van der Waals surface area contributed by atoms with Crippen LogP contribution in [-0.2, 0) is 23.4 Å². The monoisotopic (exact) mass is 531 g/mol. The van der Waals surface area contributed by atoms with Crippen LogP contribution in [-0.4, -0.2) is 60.6 Å². The SMILES string of the molecule is CCO[Si](CCCNC(=O)Oc1ccc(C(C)(C)c2ccc(OCC3CO3)cc2)cc1)(OCC)OCC. The van der Waals surface area contributed by atoms with E-state index in [2.05, 4.69) is 31.3 Å². The predicted molar refractivity (Wildman–Crippen MR) is 144 cm³/mol. The third-order valence-corrected chi connectivity index (χ3v) is 9.37. The molecular formula is C28H41NO7Si. The van der Waals surface area contributed by atoms with Crippen LogP contribution < -0.4 is 14.8 Å². The third kappa shape index (κ3) is 8.82. The Kier molecular flexibility index (Phi) is 11.0. The van der Waals surface area contributed by atoms with Gasteiger partial charge in [0.25, 0.3) is 0 Å². The van der Waals surface area contributed by atoms with E-state index in [1.807, 2.05) is 57.2 Å². The molecule has 0 aliphatic carbocycles. The number of hydrogen-bond acceptors (Lipinski definition) is 7. The number of carbonyl (C=O) groups is 1. The fraction of sp³-hybridized carbons (Fsp3) is 0.536. The molecule has 0 bridgehead atoms. The van der Waals surface area contributed by atoms with Crippen LogP contribution in [0.25, 0.3) is 0 Å². The summed E-state index contributed by atoms with van der Waals surface area (Å²) in [7, 11) is -2.71. The fourth-order valence-corrected chi connectivity index (χ4v) is 6.68. The van der Waals surface area contributed by atoms with Gasteiger partial charge in [-0.1, -0.05) is 38.1 Å². The zero-order valence-electron chi connectivity index (χ0n) is 22.7. The van der Waals surface area contributed by atoms with Crippen molar-refractivity contribution in [3.63, 3.8) is 0 Å². The van der Waals surface area contributed by atoms with Crippen LogP contribution in [0.4, 0.5) is 4.79 Å². The molecule has 1 atom stereocenters. The Morgan fingerprint density at radius 2 is 1.43 bits per heavy atom. The zero-order valence-corrected chi connectivity index (χ0v) is 23.7. The molecule has 2 aromatic rings. The Bertz CT molecular complexity index is 944. The third-order valence-electron chi connectivity index (χ3n) is 6.22. The summed E-state index contributed by atoms with van der Waals surface area (Å²) in [6, 6.07) is 16.4. The van der Waals surface area contributed by atoms with Crippen molar-refractivity contribution in [3.8, 4) is 11.5 Å². The molecule has 1 saturated heterocycles. The lowest BCUT2D eigenvalue weighted by Crippen LogP contribution is -2.46. The normalized spacial score (nSPS) is 15.3. The molecule has 8 nitrogen and oxygen atoms in total. The molecule has 3 rings (SSSR count). The number of benzene rings is 2. The van der Waals surface area contributed by atoms with Crippen LogP contribution in [0, 0.1) is 0 Å². The first-order valence-corrected chi connectivity index (χ1v) is 15.1. The van der Waals surface area contributed by atoms with Crippen molar-refractivity contribution in [1.82, 2.24) is 5.32 Å². The Morgan fingerprint density at radius 1 is 0.919 bits per heavy atom. The van der Waals surface area contributed by atoms with E-state index >= 15 is 0 Å². The Labute approximate surface area is 221 Å². The molecule has 0 aromatic heterocycles. The second kappa shape index (κ2) is 13.9. The van der Waals surface area contributed by atoms with Crippen molar-refractivity contribution in [1.29, 1.82) is 0 Å². The maximum absolute atomic E-state index is 12.3. The molecule has 204 valence electrons. The summed E-state index contributed by atoms with van der Waals surface area (Å²) < 4.78 is 34.0. The minimum absolute atomic E-state index is 0.225. The van der Waals surface area contributed by atoms with E-state index in [-0.39, 0.29) is 11.5 Å². The molecule has 0 radical (unpaired) electrons. The number of nitrogens with one attached hydrogen (secondary N) is 1. The predicted octanol–water partition coefficient (Wildman–Crippen LogP) is 5.32. The fourth-order valence-electron chi connectivity index (χ4n) is 4.07. The van der Waals surface area contributed by atoms with Gasteiger partial charge >= 0.3 is 14.9 Å². The Hall–Kier alpha value is -2.43. The summed E-state index contributed by atoms with van der Waals surface area (Å²) in [4.78, 5) is 12.3. The van der Waals surface area contributed by atoms with Crippen molar-refractivity contribution >= 4 is 14.9 Å². The molecule has 1 amide bonds. The van der Waals surface area contributed by atoms with Crippen molar-refractivity contribution in [2.45, 2.75) is 58.6 Å². The summed E-state index contributed by atoms with van der Waals surface area (Å²) in [6.07, 6.45) is 0.420. The second-order valence-corrected chi connectivity index (χ2v) is 12.1. The lowest BCUT2D eigenvalue weighted by Gasteiger charge is -2.28. The van der Waals surface area contributed by atoms with E-state index in [9.17, 15) is 4.79 Å². The zero-order chi connectivity index (χ0) is 26.7. The number of rotatable bonds is 16. The van der Waals surface area contributed by atoms with Crippen molar-refractivity contribution in [2.75, 3.05) is 39.6 Å². The maximum Gasteiger partial charge on any atom is 0.500 e. The summed E-state index contributed by atoms with van der Waals surface area (Å²) >= 11 is 0. The number of hydrogen-bond donors (Lipinski definition) is 1. The first kappa shape index (κ1) is 29.1. The van der Waals surface area contributed by atoms with Crippen LogP contribution in [0.1, 0.15) is 52.2 Å². The minimum Gasteiger partial charge on any atom is -0.491 e. The first-order valence-electron chi connectivity index (χ1n) is 13.1. The highest BCUT2D eigenvalue weighted by Crippen LogP contribution is 2.33. The van der Waals surface area contributed by atoms with Crippen LogP contribution in [0.5, 0.6) is 11.5 Å². The molecule has 0 spiro atoms. The van der Waals surface area contributed by atoms with Crippen molar-refractivity contribution in [2.24, 2.45) is 0 Å². The van der Waals surface area contributed by atoms with E-state index < -0.39 is 14.9 Å². The van der Waals surface area contributed by atoms with E-state index in [0.717, 1.165) is 17.9 Å². The quantitative estimate of drug-likeness (QED) is 0.178. The van der Waals surface area contributed by atoms with Crippen molar-refractivity contribution in [3.05, 3.63) is 59.7 Å². The molecule has 0 saturated carbocycles. The lowest BCUT2D eigenvalue weighted by atomic mass is 9.78. The molecule has 37 heavy (non-hydrogen) atoms. The van der Waals surface area contributed by atoms with Gasteiger partial charge in [-0.25, -0.2) is 4.79 Å². The van der Waals surface area contributed by atoms with Crippen LogP contribution in [0.3, 0.4) is 0 Å². The summed E-state index contributed by atoms with van der Waals surface area (Å²) in [5.74, 6) is 1.33. The van der Waals surface area contributed by atoms with Crippen LogP contribution >= 0.6 is 0 Å². The van der Waals surface area contributed by atoms with Crippen molar-refractivity contribution < 1.29 is 32.3 Å². The van der Waals surface area contributed by atoms with Gasteiger partial charge in [0.05, 0.1) is 6.61 Å². The van der Waals surface area contributed by atoms with Gasteiger partial charge in [0.1, 0.15) is 24.2 Å². The largest absolute Gasteiger partial charge is 0.500 e. The smallest absolute Gasteiger partial charge is 0.491 e. The molecule has 1 fully saturated rings. The van der Waals surface area contributed by atoms with Gasteiger partial charge in [-0.2, -0.15) is 0 Å². The molecule has 1 aliphatic heterocycles. The Morgan fingerprint density at radius 3 is 1.92 bits per heavy atom. The molecule has 1 unspecified atom stereocenters. The lowest BCUT2D eigenvalue weighted by molar-refractivity contribution is 0.0708. The van der Waals surface area contributed by atoms with E-state index in [4.69, 9.17) is 27.5 Å². The van der Waals surface area contributed by atoms with Gasteiger partial charge in [-0.15, -0.1) is 0 Å². The summed E-state index contributed by atoms with van der Waals surface area (Å²) in [6.45, 7) is 13.5. The molecule has 9 heteroatoms. The van der Waals surface area contributed by atoms with Crippen LogP contribution in [0.15, 0.2) is 48.5 Å². The summed E-state index contributed by atoms with van der Waals surface area (Å²) in [5.41, 5.74) is 2.06. The molecular weight excluding hydrogens is 490 g/mol. The van der Waals surface area contributed by atoms with E-state index in [1.165, 1.54) is 5.56 Å². The topological polar surface area (TPSA) is 87.8 Å². The molecule has 1 heterocycles. The number of amides is 1. The van der Waals surface area contributed by atoms with E-state index in [1.54, 1.807) is 0 Å². The number of ether oxygens (including phenoxy) is 3. The van der Waals surface area contributed by atoms with Gasteiger partial charge in [0.2, 0.25) is 0 Å². The molecule has 1 aliphatic rings. The highest BCUT2D eigenvalue weighted by Gasteiger charge is 2.39. The standard InChI is InChI=1S/C28H41NO7Si/c1-6-33-37(34-7-2,35-8-3)19-9-18-29-27(30)36-25-16-12-23(13-17-25)28(4,5)22-10-14-24(15-11-22)31-20-26-21-32-26/h10-17,26H,6-9,18-21H2,1-5H3,(H,29,30). The number of epoxide rings is 1. The molecule has 1 N–H and O–H groups in total. The van der Waals surface area contributed by atoms with Gasteiger partial charge in [-0.05, 0) is 62.6 Å². The van der Waals surface area contributed by atoms with E-state index in [0.29, 0.717) is 51.2 Å². The summed E-state index contributed by atoms with van der Waals surface area (Å²) in [5, 5.41) is 2.80.